The molecule has 0 atom stereocenters. The van der Waals surface area contributed by atoms with Crippen molar-refractivity contribution in [2.45, 2.75) is 32.6 Å². The van der Waals surface area contributed by atoms with Crippen LogP contribution < -0.4 is 0 Å². The molecule has 0 aliphatic carbocycles. The molecule has 0 saturated carbocycles. The minimum absolute atomic E-state index is 0.884. The lowest BCUT2D eigenvalue weighted by molar-refractivity contribution is 0.0533. The fourth-order valence-electron chi connectivity index (χ4n) is 2.59. The molecule has 2 rings (SSSR count). The second-order valence-corrected chi connectivity index (χ2v) is 4.80. The highest BCUT2D eigenvalue weighted by atomic mass is 16.5. The first kappa shape index (κ1) is 11.2. The van der Waals surface area contributed by atoms with Gasteiger partial charge in [-0.3, -0.25) is 4.90 Å². The highest BCUT2D eigenvalue weighted by Gasteiger charge is 2.19. The van der Waals surface area contributed by atoms with Gasteiger partial charge < -0.3 is 4.74 Å². The van der Waals surface area contributed by atoms with Crippen molar-refractivity contribution in [3.05, 3.63) is 11.6 Å². The van der Waals surface area contributed by atoms with Crippen LogP contribution in [0.5, 0.6) is 0 Å². The zero-order chi connectivity index (χ0) is 10.5. The van der Waals surface area contributed by atoms with Crippen molar-refractivity contribution >= 4 is 0 Å². The predicted molar refractivity (Wildman–Crippen MR) is 63.0 cm³/mol. The molecule has 0 spiro atoms. The number of ether oxygens (including phenoxy) is 1. The van der Waals surface area contributed by atoms with E-state index in [1.807, 2.05) is 0 Å². The van der Waals surface area contributed by atoms with Crippen LogP contribution in [-0.4, -0.2) is 37.7 Å². The maximum atomic E-state index is 5.40. The third kappa shape index (κ3) is 3.32. The molecule has 0 N–H and O–H groups in total. The minimum atomic E-state index is 0.884. The minimum Gasteiger partial charge on any atom is -0.381 e. The van der Waals surface area contributed by atoms with Crippen molar-refractivity contribution in [1.29, 1.82) is 0 Å². The summed E-state index contributed by atoms with van der Waals surface area (Å²) < 4.78 is 5.40. The Morgan fingerprint density at radius 1 is 1.40 bits per heavy atom. The van der Waals surface area contributed by atoms with Crippen LogP contribution in [0.3, 0.4) is 0 Å². The Balaban J connectivity index is 1.77. The topological polar surface area (TPSA) is 12.5 Å². The third-order valence-electron chi connectivity index (χ3n) is 3.62. The molecule has 2 aliphatic rings. The Morgan fingerprint density at radius 3 is 2.93 bits per heavy atom. The molecule has 2 heteroatoms. The first-order valence-corrected chi connectivity index (χ1v) is 6.36. The second-order valence-electron chi connectivity index (χ2n) is 4.80. The highest BCUT2D eigenvalue weighted by molar-refractivity contribution is 5.07. The summed E-state index contributed by atoms with van der Waals surface area (Å²) in [6.07, 6.45) is 7.44. The Kier molecular flexibility index (Phi) is 4.21. The lowest BCUT2D eigenvalue weighted by atomic mass is 9.98. The third-order valence-corrected chi connectivity index (χ3v) is 3.62. The normalized spacial score (nSPS) is 25.3. The molecule has 0 amide bonds. The summed E-state index contributed by atoms with van der Waals surface area (Å²) >= 11 is 0. The summed E-state index contributed by atoms with van der Waals surface area (Å²) in [6.45, 7) is 8.00. The van der Waals surface area contributed by atoms with E-state index >= 15 is 0 Å². The van der Waals surface area contributed by atoms with Crippen molar-refractivity contribution in [1.82, 2.24) is 4.90 Å². The zero-order valence-electron chi connectivity index (χ0n) is 9.87. The van der Waals surface area contributed by atoms with E-state index in [2.05, 4.69) is 17.9 Å². The van der Waals surface area contributed by atoms with Crippen LogP contribution in [0.15, 0.2) is 11.6 Å². The predicted octanol–water partition coefficient (Wildman–Crippen LogP) is 2.46. The summed E-state index contributed by atoms with van der Waals surface area (Å²) in [7, 11) is 0. The quantitative estimate of drug-likeness (QED) is 0.662. The van der Waals surface area contributed by atoms with Crippen molar-refractivity contribution in [2.24, 2.45) is 5.92 Å². The van der Waals surface area contributed by atoms with Gasteiger partial charge in [0.25, 0.3) is 0 Å². The first-order chi connectivity index (χ1) is 7.38. The Labute approximate surface area is 93.3 Å². The van der Waals surface area contributed by atoms with E-state index in [1.54, 1.807) is 5.57 Å². The van der Waals surface area contributed by atoms with Gasteiger partial charge >= 0.3 is 0 Å². The monoisotopic (exact) mass is 209 g/mol. The molecule has 86 valence electrons. The molecular weight excluding hydrogens is 186 g/mol. The van der Waals surface area contributed by atoms with E-state index in [9.17, 15) is 0 Å². The molecule has 1 fully saturated rings. The maximum absolute atomic E-state index is 5.40. The number of hydrogen-bond acceptors (Lipinski definition) is 2. The van der Waals surface area contributed by atoms with Gasteiger partial charge in [0.05, 0.1) is 0 Å². The highest BCUT2D eigenvalue weighted by Crippen LogP contribution is 2.19. The SMILES string of the molecule is CCC1=CCCN(CC2CCOCC2)C1. The van der Waals surface area contributed by atoms with E-state index in [1.165, 1.54) is 45.3 Å². The first-order valence-electron chi connectivity index (χ1n) is 6.36. The molecular formula is C13H23NO. The van der Waals surface area contributed by atoms with Crippen LogP contribution in [0.4, 0.5) is 0 Å². The van der Waals surface area contributed by atoms with Gasteiger partial charge in [0.2, 0.25) is 0 Å². The van der Waals surface area contributed by atoms with E-state index in [0.29, 0.717) is 0 Å². The average molecular weight is 209 g/mol. The summed E-state index contributed by atoms with van der Waals surface area (Å²) in [5, 5.41) is 0. The molecule has 0 aromatic heterocycles. The van der Waals surface area contributed by atoms with Crippen LogP contribution in [0, 0.1) is 5.92 Å². The van der Waals surface area contributed by atoms with Crippen LogP contribution in [0.2, 0.25) is 0 Å². The Hall–Kier alpha value is -0.340. The number of nitrogens with zero attached hydrogens (tertiary/aromatic N) is 1. The standard InChI is InChI=1S/C13H23NO/c1-2-12-4-3-7-14(10-12)11-13-5-8-15-9-6-13/h4,13H,2-3,5-11H2,1H3. The molecule has 0 bridgehead atoms. The molecule has 0 unspecified atom stereocenters. The van der Waals surface area contributed by atoms with Crippen LogP contribution >= 0.6 is 0 Å². The van der Waals surface area contributed by atoms with Crippen molar-refractivity contribution in [2.75, 3.05) is 32.8 Å². The molecule has 0 aromatic rings. The van der Waals surface area contributed by atoms with Crippen molar-refractivity contribution < 1.29 is 4.74 Å². The van der Waals surface area contributed by atoms with Gasteiger partial charge in [-0.25, -0.2) is 0 Å². The van der Waals surface area contributed by atoms with Crippen molar-refractivity contribution in [3.63, 3.8) is 0 Å². The van der Waals surface area contributed by atoms with Gasteiger partial charge in [0.1, 0.15) is 0 Å². The zero-order valence-corrected chi connectivity index (χ0v) is 9.87. The fourth-order valence-corrected chi connectivity index (χ4v) is 2.59. The largest absolute Gasteiger partial charge is 0.381 e. The van der Waals surface area contributed by atoms with E-state index in [0.717, 1.165) is 19.1 Å². The van der Waals surface area contributed by atoms with Crippen LogP contribution in [0.25, 0.3) is 0 Å². The van der Waals surface area contributed by atoms with Gasteiger partial charge in [0, 0.05) is 32.8 Å². The molecule has 2 heterocycles. The smallest absolute Gasteiger partial charge is 0.0469 e. The summed E-state index contributed by atoms with van der Waals surface area (Å²) in [5.41, 5.74) is 1.63. The molecule has 0 radical (unpaired) electrons. The number of rotatable bonds is 3. The Bertz CT molecular complexity index is 219. The van der Waals surface area contributed by atoms with Crippen LogP contribution in [0.1, 0.15) is 32.6 Å². The van der Waals surface area contributed by atoms with Crippen molar-refractivity contribution in [3.8, 4) is 0 Å². The molecule has 0 aromatic carbocycles. The lowest BCUT2D eigenvalue weighted by Gasteiger charge is -2.32. The maximum Gasteiger partial charge on any atom is 0.0469 e. The summed E-state index contributed by atoms with van der Waals surface area (Å²) in [6, 6.07) is 0. The van der Waals surface area contributed by atoms with E-state index in [4.69, 9.17) is 4.74 Å². The van der Waals surface area contributed by atoms with Gasteiger partial charge in [-0.15, -0.1) is 0 Å². The van der Waals surface area contributed by atoms with Gasteiger partial charge in [-0.05, 0) is 31.6 Å². The average Bonchev–Trinajstić information content (AvgIpc) is 2.31. The Morgan fingerprint density at radius 2 is 2.20 bits per heavy atom. The van der Waals surface area contributed by atoms with E-state index < -0.39 is 0 Å². The van der Waals surface area contributed by atoms with Crippen LogP contribution in [-0.2, 0) is 4.74 Å². The van der Waals surface area contributed by atoms with Gasteiger partial charge in [-0.1, -0.05) is 18.6 Å². The fraction of sp³-hybridized carbons (Fsp3) is 0.846. The van der Waals surface area contributed by atoms with Gasteiger partial charge in [-0.2, -0.15) is 0 Å². The summed E-state index contributed by atoms with van der Waals surface area (Å²) in [4.78, 5) is 2.63. The van der Waals surface area contributed by atoms with E-state index in [-0.39, 0.29) is 0 Å². The number of hydrogen-bond donors (Lipinski definition) is 0. The molecule has 15 heavy (non-hydrogen) atoms. The lowest BCUT2D eigenvalue weighted by Crippen LogP contribution is -2.36. The molecule has 2 nitrogen and oxygen atoms in total. The molecule has 2 aliphatic heterocycles. The summed E-state index contributed by atoms with van der Waals surface area (Å²) in [5.74, 6) is 0.884. The van der Waals surface area contributed by atoms with Gasteiger partial charge in [0.15, 0.2) is 0 Å². The molecule has 1 saturated heterocycles. The second kappa shape index (κ2) is 5.66.